The van der Waals surface area contributed by atoms with Gasteiger partial charge in [0.05, 0.1) is 12.1 Å². The minimum Gasteiger partial charge on any atom is -0.479 e. The summed E-state index contributed by atoms with van der Waals surface area (Å²) in [5, 5.41) is 19.4. The third-order valence-corrected chi connectivity index (χ3v) is 4.15. The summed E-state index contributed by atoms with van der Waals surface area (Å²) in [6, 6.07) is -0.457. The van der Waals surface area contributed by atoms with E-state index in [1.807, 2.05) is 0 Å². The van der Waals surface area contributed by atoms with Gasteiger partial charge in [-0.15, -0.1) is 0 Å². The number of fused-ring (bicyclic) bond motifs is 2. The lowest BCUT2D eigenvalue weighted by Gasteiger charge is -2.43. The van der Waals surface area contributed by atoms with Crippen LogP contribution in [0.15, 0.2) is 0 Å². The van der Waals surface area contributed by atoms with Gasteiger partial charge >= 0.3 is 12.1 Å². The molecule has 1 amide bonds. The van der Waals surface area contributed by atoms with Gasteiger partial charge in [-0.05, 0) is 46.5 Å². The van der Waals surface area contributed by atoms with Gasteiger partial charge in [-0.2, -0.15) is 0 Å². The Kier molecular flexibility index (Phi) is 3.04. The summed E-state index contributed by atoms with van der Waals surface area (Å²) in [4.78, 5) is 25.0. The van der Waals surface area contributed by atoms with E-state index in [2.05, 4.69) is 0 Å². The summed E-state index contributed by atoms with van der Waals surface area (Å²) in [7, 11) is 0. The topological polar surface area (TPSA) is 87.1 Å². The average Bonchev–Trinajstić information content (AvgIpc) is 2.70. The van der Waals surface area contributed by atoms with E-state index in [1.54, 1.807) is 20.8 Å². The van der Waals surface area contributed by atoms with Crippen LogP contribution in [-0.4, -0.2) is 50.5 Å². The highest BCUT2D eigenvalue weighted by atomic mass is 16.6. The zero-order valence-corrected chi connectivity index (χ0v) is 11.7. The van der Waals surface area contributed by atoms with E-state index >= 15 is 0 Å². The van der Waals surface area contributed by atoms with Crippen LogP contribution < -0.4 is 0 Å². The van der Waals surface area contributed by atoms with Gasteiger partial charge in [0.1, 0.15) is 11.1 Å². The number of hydrogen-bond donors (Lipinski definition) is 2. The van der Waals surface area contributed by atoms with E-state index in [0.717, 1.165) is 0 Å². The molecule has 1 heterocycles. The van der Waals surface area contributed by atoms with E-state index < -0.39 is 35.3 Å². The summed E-state index contributed by atoms with van der Waals surface area (Å²) >= 11 is 0. The lowest BCUT2D eigenvalue weighted by molar-refractivity contribution is -0.155. The molecular weight excluding hydrogens is 250 g/mol. The van der Waals surface area contributed by atoms with Crippen molar-refractivity contribution in [1.82, 2.24) is 4.90 Å². The molecule has 108 valence electrons. The number of ether oxygens (including phenoxy) is 1. The van der Waals surface area contributed by atoms with E-state index in [9.17, 15) is 19.8 Å². The number of likely N-dealkylation sites (tertiary alicyclic amines) is 1. The van der Waals surface area contributed by atoms with Gasteiger partial charge in [0.2, 0.25) is 0 Å². The fourth-order valence-electron chi connectivity index (χ4n) is 3.18. The summed E-state index contributed by atoms with van der Waals surface area (Å²) in [6.07, 6.45) is -0.385. The fourth-order valence-corrected chi connectivity index (χ4v) is 3.18. The first-order valence-electron chi connectivity index (χ1n) is 6.51. The Bertz CT molecular complexity index is 416. The van der Waals surface area contributed by atoms with E-state index in [1.165, 1.54) is 11.8 Å². The lowest BCUT2D eigenvalue weighted by atomic mass is 9.84. The highest BCUT2D eigenvalue weighted by molar-refractivity contribution is 5.86. The van der Waals surface area contributed by atoms with Crippen LogP contribution in [0.5, 0.6) is 0 Å². The first kappa shape index (κ1) is 14.1. The number of carboxylic acids is 1. The van der Waals surface area contributed by atoms with Crippen LogP contribution in [0.3, 0.4) is 0 Å². The molecule has 1 aliphatic carbocycles. The molecule has 0 radical (unpaired) electrons. The normalized spacial score (nSPS) is 37.5. The van der Waals surface area contributed by atoms with Crippen molar-refractivity contribution >= 4 is 12.1 Å². The molecule has 1 aliphatic heterocycles. The number of piperidine rings is 1. The molecule has 2 bridgehead atoms. The maximum Gasteiger partial charge on any atom is 0.411 e. The Morgan fingerprint density at radius 1 is 1.32 bits per heavy atom. The molecule has 2 aliphatic rings. The molecule has 1 saturated carbocycles. The zero-order chi connectivity index (χ0) is 14.6. The third kappa shape index (κ3) is 2.08. The first-order valence-corrected chi connectivity index (χ1v) is 6.51. The highest BCUT2D eigenvalue weighted by Gasteiger charge is 2.64. The second-order valence-corrected chi connectivity index (χ2v) is 6.61. The summed E-state index contributed by atoms with van der Waals surface area (Å²) in [5.41, 5.74) is -1.98. The maximum atomic E-state index is 12.2. The second-order valence-electron chi connectivity index (χ2n) is 6.61. The van der Waals surface area contributed by atoms with Crippen molar-refractivity contribution in [2.45, 2.75) is 63.8 Å². The Hall–Kier alpha value is -1.30. The Morgan fingerprint density at radius 3 is 2.37 bits per heavy atom. The van der Waals surface area contributed by atoms with E-state index in [0.29, 0.717) is 12.8 Å². The number of hydrogen-bond acceptors (Lipinski definition) is 4. The van der Waals surface area contributed by atoms with Crippen LogP contribution >= 0.6 is 0 Å². The number of carbonyl (C=O) groups is 2. The molecule has 0 spiro atoms. The van der Waals surface area contributed by atoms with Gasteiger partial charge in [0, 0.05) is 0 Å². The molecule has 0 aromatic heterocycles. The SMILES string of the molecule is CC(C)(C)OC(=O)N1[C@@H]2C[C@@H](C[C@H]2O)[C@]1(C)C(=O)O. The minimum absolute atomic E-state index is 0.225. The predicted octanol–water partition coefficient (Wildman–Crippen LogP) is 1.22. The smallest absolute Gasteiger partial charge is 0.411 e. The molecule has 2 N–H and O–H groups in total. The van der Waals surface area contributed by atoms with Crippen LogP contribution in [0.4, 0.5) is 4.79 Å². The number of aliphatic hydroxyl groups is 1. The summed E-state index contributed by atoms with van der Waals surface area (Å²) < 4.78 is 5.28. The summed E-state index contributed by atoms with van der Waals surface area (Å²) in [6.45, 7) is 6.73. The number of aliphatic carboxylic acids is 1. The highest BCUT2D eigenvalue weighted by Crippen LogP contribution is 2.49. The van der Waals surface area contributed by atoms with E-state index in [-0.39, 0.29) is 5.92 Å². The van der Waals surface area contributed by atoms with Crippen LogP contribution in [0.1, 0.15) is 40.5 Å². The van der Waals surface area contributed by atoms with Crippen molar-refractivity contribution in [1.29, 1.82) is 0 Å². The van der Waals surface area contributed by atoms with Gasteiger partial charge in [-0.3, -0.25) is 4.90 Å². The number of rotatable bonds is 1. The van der Waals surface area contributed by atoms with Crippen molar-refractivity contribution in [3.63, 3.8) is 0 Å². The predicted molar refractivity (Wildman–Crippen MR) is 66.6 cm³/mol. The number of nitrogens with zero attached hydrogens (tertiary/aromatic N) is 1. The van der Waals surface area contributed by atoms with Crippen molar-refractivity contribution in [3.8, 4) is 0 Å². The van der Waals surface area contributed by atoms with E-state index in [4.69, 9.17) is 4.74 Å². The standard InChI is InChI=1S/C13H21NO5/c1-12(2,3)19-11(18)14-8-5-7(6-9(8)15)13(14,4)10(16)17/h7-9,15H,5-6H2,1-4H3,(H,16,17)/t7-,8+,9+,13+/m0/s1. The van der Waals surface area contributed by atoms with Crippen LogP contribution in [0, 0.1) is 5.92 Å². The van der Waals surface area contributed by atoms with Gasteiger partial charge in [0.25, 0.3) is 0 Å². The molecule has 0 unspecified atom stereocenters. The quantitative estimate of drug-likeness (QED) is 0.748. The monoisotopic (exact) mass is 271 g/mol. The molecule has 4 atom stereocenters. The van der Waals surface area contributed by atoms with Gasteiger partial charge in [-0.1, -0.05) is 0 Å². The largest absolute Gasteiger partial charge is 0.479 e. The minimum atomic E-state index is -1.29. The fraction of sp³-hybridized carbons (Fsp3) is 0.846. The van der Waals surface area contributed by atoms with Crippen molar-refractivity contribution in [2.75, 3.05) is 0 Å². The second kappa shape index (κ2) is 4.10. The Balaban J connectivity index is 2.30. The zero-order valence-electron chi connectivity index (χ0n) is 11.7. The van der Waals surface area contributed by atoms with Crippen LogP contribution in [-0.2, 0) is 9.53 Å². The average molecular weight is 271 g/mol. The Morgan fingerprint density at radius 2 is 1.89 bits per heavy atom. The molecule has 0 aromatic rings. The molecule has 0 aromatic carbocycles. The van der Waals surface area contributed by atoms with Crippen LogP contribution in [0.25, 0.3) is 0 Å². The molecule has 6 nitrogen and oxygen atoms in total. The molecule has 19 heavy (non-hydrogen) atoms. The number of carboxylic acid groups (broad SMARTS) is 1. The van der Waals surface area contributed by atoms with Crippen LogP contribution in [0.2, 0.25) is 0 Å². The molecule has 6 heteroatoms. The number of amides is 1. The van der Waals surface area contributed by atoms with Gasteiger partial charge < -0.3 is 14.9 Å². The van der Waals surface area contributed by atoms with Crippen molar-refractivity contribution < 1.29 is 24.5 Å². The third-order valence-electron chi connectivity index (χ3n) is 4.15. The molecule has 2 fully saturated rings. The molecular formula is C13H21NO5. The maximum absolute atomic E-state index is 12.2. The molecule has 1 saturated heterocycles. The Labute approximate surface area is 112 Å². The lowest BCUT2D eigenvalue weighted by Crippen LogP contribution is -2.62. The van der Waals surface area contributed by atoms with Gasteiger partial charge in [-0.25, -0.2) is 9.59 Å². The summed E-state index contributed by atoms with van der Waals surface area (Å²) in [5.74, 6) is -1.27. The number of carbonyl (C=O) groups excluding carboxylic acids is 1. The van der Waals surface area contributed by atoms with Gasteiger partial charge in [0.15, 0.2) is 0 Å². The number of aliphatic hydroxyl groups excluding tert-OH is 1. The van der Waals surface area contributed by atoms with Crippen molar-refractivity contribution in [3.05, 3.63) is 0 Å². The van der Waals surface area contributed by atoms with Crippen molar-refractivity contribution in [2.24, 2.45) is 5.92 Å². The molecule has 2 rings (SSSR count). The first-order chi connectivity index (χ1) is 8.57.